The van der Waals surface area contributed by atoms with Crippen LogP contribution in [0.25, 0.3) is 0 Å². The number of aliphatic hydroxyl groups is 1. The van der Waals surface area contributed by atoms with E-state index in [4.69, 9.17) is 4.74 Å². The van der Waals surface area contributed by atoms with Crippen LogP contribution < -0.4 is 10.1 Å². The number of aliphatic hydroxyl groups excluding tert-OH is 1. The van der Waals surface area contributed by atoms with Crippen LogP contribution in [-0.2, 0) is 0 Å². The SMILES string of the molecule is CNCC(O)c1cc(Br)cnc1OC. The third-order valence-corrected chi connectivity index (χ3v) is 2.23. The largest absolute Gasteiger partial charge is 0.481 e. The Bertz CT molecular complexity index is 307. The molecule has 0 bridgehead atoms. The lowest BCUT2D eigenvalue weighted by Crippen LogP contribution is -2.17. The molecule has 1 aromatic heterocycles. The van der Waals surface area contributed by atoms with Crippen molar-refractivity contribution in [1.29, 1.82) is 0 Å². The maximum absolute atomic E-state index is 9.75. The lowest BCUT2D eigenvalue weighted by molar-refractivity contribution is 0.172. The Kier molecular flexibility index (Phi) is 4.31. The normalized spacial score (nSPS) is 12.6. The van der Waals surface area contributed by atoms with Crippen LogP contribution in [0.15, 0.2) is 16.7 Å². The highest BCUT2D eigenvalue weighted by atomic mass is 79.9. The summed E-state index contributed by atoms with van der Waals surface area (Å²) in [5.41, 5.74) is 0.677. The molecule has 0 amide bonds. The van der Waals surface area contributed by atoms with Crippen LogP contribution in [0.1, 0.15) is 11.7 Å². The van der Waals surface area contributed by atoms with Gasteiger partial charge in [0, 0.05) is 22.8 Å². The van der Waals surface area contributed by atoms with Crippen LogP contribution in [0, 0.1) is 0 Å². The second kappa shape index (κ2) is 5.29. The van der Waals surface area contributed by atoms with E-state index in [2.05, 4.69) is 26.2 Å². The number of pyridine rings is 1. The minimum absolute atomic E-state index is 0.455. The van der Waals surface area contributed by atoms with Gasteiger partial charge in [-0.2, -0.15) is 0 Å². The number of methoxy groups -OCH3 is 1. The van der Waals surface area contributed by atoms with E-state index in [0.29, 0.717) is 18.0 Å². The maximum Gasteiger partial charge on any atom is 0.219 e. The molecule has 1 atom stereocenters. The van der Waals surface area contributed by atoms with Crippen LogP contribution in [0.3, 0.4) is 0 Å². The fraction of sp³-hybridized carbons (Fsp3) is 0.444. The molecule has 1 aromatic rings. The smallest absolute Gasteiger partial charge is 0.219 e. The molecule has 0 aromatic carbocycles. The summed E-state index contributed by atoms with van der Waals surface area (Å²) < 4.78 is 5.87. The topological polar surface area (TPSA) is 54.4 Å². The van der Waals surface area contributed by atoms with Crippen molar-refractivity contribution >= 4 is 15.9 Å². The minimum atomic E-state index is -0.611. The van der Waals surface area contributed by atoms with Gasteiger partial charge < -0.3 is 15.2 Å². The fourth-order valence-corrected chi connectivity index (χ4v) is 1.50. The summed E-state index contributed by atoms with van der Waals surface area (Å²) in [5, 5.41) is 12.6. The molecule has 1 unspecified atom stereocenters. The number of aromatic nitrogens is 1. The quantitative estimate of drug-likeness (QED) is 0.852. The second-order valence-electron chi connectivity index (χ2n) is 2.83. The monoisotopic (exact) mass is 260 g/mol. The molecule has 2 N–H and O–H groups in total. The van der Waals surface area contributed by atoms with E-state index in [1.165, 1.54) is 7.11 Å². The van der Waals surface area contributed by atoms with Gasteiger partial charge in [0.1, 0.15) is 0 Å². The molecule has 0 aliphatic heterocycles. The van der Waals surface area contributed by atoms with Gasteiger partial charge in [0.05, 0.1) is 13.2 Å². The Labute approximate surface area is 91.4 Å². The Hall–Kier alpha value is -0.650. The molecule has 0 fully saturated rings. The van der Waals surface area contributed by atoms with Gasteiger partial charge in [-0.15, -0.1) is 0 Å². The predicted molar refractivity (Wildman–Crippen MR) is 57.4 cm³/mol. The van der Waals surface area contributed by atoms with Gasteiger partial charge in [-0.3, -0.25) is 0 Å². The van der Waals surface area contributed by atoms with E-state index in [1.807, 2.05) is 0 Å². The average molecular weight is 261 g/mol. The van der Waals surface area contributed by atoms with E-state index >= 15 is 0 Å². The Balaban J connectivity index is 2.97. The lowest BCUT2D eigenvalue weighted by atomic mass is 10.1. The van der Waals surface area contributed by atoms with Gasteiger partial charge in [0.15, 0.2) is 0 Å². The highest BCUT2D eigenvalue weighted by Crippen LogP contribution is 2.25. The molecule has 4 nitrogen and oxygen atoms in total. The first kappa shape index (κ1) is 11.4. The first-order valence-corrected chi connectivity index (χ1v) is 5.00. The Morgan fingerprint density at radius 3 is 3.00 bits per heavy atom. The number of halogens is 1. The van der Waals surface area contributed by atoms with Gasteiger partial charge >= 0.3 is 0 Å². The van der Waals surface area contributed by atoms with Crippen LogP contribution in [0.2, 0.25) is 0 Å². The van der Waals surface area contributed by atoms with Gasteiger partial charge in [0.2, 0.25) is 5.88 Å². The Morgan fingerprint density at radius 1 is 1.71 bits per heavy atom. The standard InChI is InChI=1S/C9H13BrN2O2/c1-11-5-8(13)7-3-6(10)4-12-9(7)14-2/h3-4,8,11,13H,5H2,1-2H3. The molecule has 0 radical (unpaired) electrons. The van der Waals surface area contributed by atoms with E-state index in [1.54, 1.807) is 19.3 Å². The van der Waals surface area contributed by atoms with Crippen molar-refractivity contribution in [3.8, 4) is 5.88 Å². The summed E-state index contributed by atoms with van der Waals surface area (Å²) in [6.07, 6.45) is 1.02. The minimum Gasteiger partial charge on any atom is -0.481 e. The van der Waals surface area contributed by atoms with E-state index < -0.39 is 6.10 Å². The number of nitrogens with zero attached hydrogens (tertiary/aromatic N) is 1. The summed E-state index contributed by atoms with van der Waals surface area (Å²) in [6.45, 7) is 0.467. The molecule has 78 valence electrons. The van der Waals surface area contributed by atoms with Crippen LogP contribution in [0.4, 0.5) is 0 Å². The molecule has 5 heteroatoms. The van der Waals surface area contributed by atoms with E-state index in [9.17, 15) is 5.11 Å². The third-order valence-electron chi connectivity index (χ3n) is 1.80. The van der Waals surface area contributed by atoms with Crippen molar-refractivity contribution in [3.63, 3.8) is 0 Å². The number of hydrogen-bond acceptors (Lipinski definition) is 4. The molecular formula is C9H13BrN2O2. The zero-order valence-corrected chi connectivity index (χ0v) is 9.71. The van der Waals surface area contributed by atoms with Gasteiger partial charge in [0.25, 0.3) is 0 Å². The summed E-state index contributed by atoms with van der Waals surface area (Å²) in [5.74, 6) is 0.455. The summed E-state index contributed by atoms with van der Waals surface area (Å²) in [7, 11) is 3.31. The number of hydrogen-bond donors (Lipinski definition) is 2. The second-order valence-corrected chi connectivity index (χ2v) is 3.74. The summed E-state index contributed by atoms with van der Waals surface area (Å²) in [4.78, 5) is 4.04. The lowest BCUT2D eigenvalue weighted by Gasteiger charge is -2.13. The predicted octanol–water partition coefficient (Wildman–Crippen LogP) is 1.11. The molecule has 14 heavy (non-hydrogen) atoms. The maximum atomic E-state index is 9.75. The van der Waals surface area contributed by atoms with E-state index in [0.717, 1.165) is 4.47 Å². The molecule has 0 aliphatic carbocycles. The molecular weight excluding hydrogens is 248 g/mol. The molecule has 1 rings (SSSR count). The zero-order valence-electron chi connectivity index (χ0n) is 8.12. The van der Waals surface area contributed by atoms with E-state index in [-0.39, 0.29) is 0 Å². The van der Waals surface area contributed by atoms with Gasteiger partial charge in [-0.25, -0.2) is 4.98 Å². The van der Waals surface area contributed by atoms with Crippen molar-refractivity contribution in [2.45, 2.75) is 6.10 Å². The highest BCUT2D eigenvalue weighted by molar-refractivity contribution is 9.10. The number of rotatable bonds is 4. The summed E-state index contributed by atoms with van der Waals surface area (Å²) in [6, 6.07) is 1.80. The average Bonchev–Trinajstić information content (AvgIpc) is 2.18. The zero-order chi connectivity index (χ0) is 10.6. The third kappa shape index (κ3) is 2.67. The number of likely N-dealkylation sites (N-methyl/N-ethyl adjacent to an activating group) is 1. The Morgan fingerprint density at radius 2 is 2.43 bits per heavy atom. The van der Waals surface area contributed by atoms with Crippen molar-refractivity contribution < 1.29 is 9.84 Å². The highest BCUT2D eigenvalue weighted by Gasteiger charge is 2.13. The van der Waals surface area contributed by atoms with Crippen molar-refractivity contribution in [3.05, 3.63) is 22.3 Å². The molecule has 0 aliphatic rings. The van der Waals surface area contributed by atoms with Crippen molar-refractivity contribution in [2.75, 3.05) is 20.7 Å². The molecule has 0 saturated carbocycles. The number of ether oxygens (including phenoxy) is 1. The molecule has 0 spiro atoms. The summed E-state index contributed by atoms with van der Waals surface area (Å²) >= 11 is 3.30. The van der Waals surface area contributed by atoms with Crippen LogP contribution in [-0.4, -0.2) is 30.8 Å². The fourth-order valence-electron chi connectivity index (χ4n) is 1.15. The first-order valence-electron chi connectivity index (χ1n) is 4.21. The first-order chi connectivity index (χ1) is 6.69. The van der Waals surface area contributed by atoms with Crippen LogP contribution in [0.5, 0.6) is 5.88 Å². The van der Waals surface area contributed by atoms with Crippen molar-refractivity contribution in [1.82, 2.24) is 10.3 Å². The van der Waals surface area contributed by atoms with Crippen LogP contribution >= 0.6 is 15.9 Å². The van der Waals surface area contributed by atoms with Crippen molar-refractivity contribution in [2.24, 2.45) is 0 Å². The van der Waals surface area contributed by atoms with Gasteiger partial charge in [-0.1, -0.05) is 0 Å². The van der Waals surface area contributed by atoms with Gasteiger partial charge in [-0.05, 0) is 29.0 Å². The number of nitrogens with one attached hydrogen (secondary N) is 1. The molecule has 1 heterocycles. The molecule has 0 saturated heterocycles.